The van der Waals surface area contributed by atoms with Gasteiger partial charge in [0.05, 0.1) is 28.0 Å². The molecule has 3 heterocycles. The number of aromatic nitrogens is 1. The van der Waals surface area contributed by atoms with E-state index >= 15 is 0 Å². The largest absolute Gasteiger partial charge is 0.367 e. The predicted molar refractivity (Wildman–Crippen MR) is 136 cm³/mol. The summed E-state index contributed by atoms with van der Waals surface area (Å²) in [5, 5.41) is 2.02. The topological polar surface area (TPSA) is 24.9 Å². The van der Waals surface area contributed by atoms with Gasteiger partial charge in [-0.2, -0.15) is 0 Å². The SMILES string of the molecule is [C-]#[N+]CCN(C)c1ccc2c(c1)sc1cc(/C=C(\[N+]#[C-])c3nc4ccccc4s3)sc12. The highest BCUT2D eigenvalue weighted by Crippen LogP contribution is 2.42. The molecule has 4 nitrogen and oxygen atoms in total. The molecule has 0 saturated carbocycles. The van der Waals surface area contributed by atoms with Gasteiger partial charge in [-0.05, 0) is 36.4 Å². The lowest BCUT2D eigenvalue weighted by molar-refractivity contribution is 0.943. The van der Waals surface area contributed by atoms with Crippen molar-refractivity contribution in [3.05, 3.63) is 81.3 Å². The Morgan fingerprint density at radius 1 is 1.03 bits per heavy atom. The zero-order valence-electron chi connectivity index (χ0n) is 16.6. The van der Waals surface area contributed by atoms with Crippen molar-refractivity contribution in [2.24, 2.45) is 0 Å². The summed E-state index contributed by atoms with van der Waals surface area (Å²) in [6, 6.07) is 16.7. The van der Waals surface area contributed by atoms with Crippen LogP contribution < -0.4 is 4.90 Å². The summed E-state index contributed by atoms with van der Waals surface area (Å²) < 4.78 is 4.85. The van der Waals surface area contributed by atoms with Crippen LogP contribution in [0.4, 0.5) is 5.69 Å². The molecule has 5 aromatic rings. The maximum atomic E-state index is 7.67. The molecular formula is C24H16N4S3. The number of hydrogen-bond donors (Lipinski definition) is 0. The molecule has 31 heavy (non-hydrogen) atoms. The van der Waals surface area contributed by atoms with E-state index in [-0.39, 0.29) is 0 Å². The van der Waals surface area contributed by atoms with Crippen molar-refractivity contribution < 1.29 is 0 Å². The number of fused-ring (bicyclic) bond motifs is 4. The van der Waals surface area contributed by atoms with Gasteiger partial charge >= 0.3 is 0 Å². The number of thiazole rings is 1. The van der Waals surface area contributed by atoms with Crippen LogP contribution in [0.2, 0.25) is 0 Å². The Morgan fingerprint density at radius 2 is 1.90 bits per heavy atom. The number of thiophene rings is 2. The molecule has 5 rings (SSSR count). The van der Waals surface area contributed by atoms with Gasteiger partial charge in [0.25, 0.3) is 0 Å². The van der Waals surface area contributed by atoms with Crippen molar-refractivity contribution in [2.75, 3.05) is 25.0 Å². The first-order valence-corrected chi connectivity index (χ1v) is 12.1. The van der Waals surface area contributed by atoms with Crippen LogP contribution in [0.15, 0.2) is 48.5 Å². The zero-order valence-corrected chi connectivity index (χ0v) is 19.1. The molecule has 0 spiro atoms. The van der Waals surface area contributed by atoms with Crippen molar-refractivity contribution in [1.82, 2.24) is 4.98 Å². The van der Waals surface area contributed by atoms with Crippen LogP contribution in [-0.2, 0) is 0 Å². The Balaban J connectivity index is 1.50. The molecule has 0 bridgehead atoms. The Hall–Kier alpha value is -3.23. The molecule has 0 fully saturated rings. The standard InChI is InChI=1S/C24H16N4S3/c1-25-10-11-28(3)15-8-9-17-21(12-15)30-22-14-16(29-23(17)22)13-19(26-2)24-27-18-6-4-5-7-20(18)31-24/h4-9,12-14H,10-11H2,3H3/b19-13-. The second kappa shape index (κ2) is 8.13. The van der Waals surface area contributed by atoms with Gasteiger partial charge in [-0.15, -0.1) is 34.0 Å². The van der Waals surface area contributed by atoms with Gasteiger partial charge in [0.15, 0.2) is 0 Å². The van der Waals surface area contributed by atoms with E-state index < -0.39 is 0 Å². The van der Waals surface area contributed by atoms with Crippen molar-refractivity contribution in [2.45, 2.75) is 0 Å². The summed E-state index contributed by atoms with van der Waals surface area (Å²) in [7, 11) is 2.03. The van der Waals surface area contributed by atoms with Crippen LogP contribution in [0.5, 0.6) is 0 Å². The quantitative estimate of drug-likeness (QED) is 0.256. The van der Waals surface area contributed by atoms with Crippen LogP contribution >= 0.6 is 34.0 Å². The van der Waals surface area contributed by atoms with Crippen LogP contribution in [0.25, 0.3) is 51.2 Å². The molecule has 7 heteroatoms. The highest BCUT2D eigenvalue weighted by Gasteiger charge is 2.13. The van der Waals surface area contributed by atoms with E-state index in [1.54, 1.807) is 34.0 Å². The molecule has 3 aromatic heterocycles. The molecule has 0 unspecified atom stereocenters. The molecule has 150 valence electrons. The third-order valence-corrected chi connectivity index (χ3v) is 8.45. The summed E-state index contributed by atoms with van der Waals surface area (Å²) in [6.07, 6.45) is 1.96. The van der Waals surface area contributed by atoms with Gasteiger partial charge in [0, 0.05) is 32.4 Å². The molecule has 0 N–H and O–H groups in total. The van der Waals surface area contributed by atoms with Gasteiger partial charge in [-0.1, -0.05) is 18.2 Å². The fourth-order valence-electron chi connectivity index (χ4n) is 3.45. The van der Waals surface area contributed by atoms with Crippen molar-refractivity contribution in [3.8, 4) is 0 Å². The van der Waals surface area contributed by atoms with Crippen molar-refractivity contribution in [1.29, 1.82) is 0 Å². The van der Waals surface area contributed by atoms with Crippen molar-refractivity contribution in [3.63, 3.8) is 0 Å². The number of nitrogens with zero attached hydrogens (tertiary/aromatic N) is 4. The maximum Gasteiger partial charge on any atom is 0.231 e. The Morgan fingerprint density at radius 3 is 2.71 bits per heavy atom. The number of benzene rings is 2. The molecule has 2 aromatic carbocycles. The second-order valence-corrected chi connectivity index (χ2v) is 10.3. The highest BCUT2D eigenvalue weighted by molar-refractivity contribution is 7.33. The summed E-state index contributed by atoms with van der Waals surface area (Å²) in [5.41, 5.74) is 2.66. The second-order valence-electron chi connectivity index (χ2n) is 7.06. The minimum Gasteiger partial charge on any atom is -0.367 e. The Labute approximate surface area is 192 Å². The fraction of sp³-hybridized carbons (Fsp3) is 0.125. The normalized spacial score (nSPS) is 11.8. The summed E-state index contributed by atoms with van der Waals surface area (Å²) >= 11 is 5.06. The third-order valence-electron chi connectivity index (χ3n) is 5.05. The van der Waals surface area contributed by atoms with Crippen LogP contribution in [0.1, 0.15) is 9.88 Å². The third kappa shape index (κ3) is 3.68. The molecule has 0 atom stereocenters. The van der Waals surface area contributed by atoms with Gasteiger partial charge in [-0.3, -0.25) is 0 Å². The summed E-state index contributed by atoms with van der Waals surface area (Å²) in [4.78, 5) is 15.1. The molecule has 0 aliphatic carbocycles. The van der Waals surface area contributed by atoms with E-state index in [0.717, 1.165) is 32.3 Å². The van der Waals surface area contributed by atoms with E-state index in [1.807, 2.05) is 37.4 Å². The number of rotatable bonds is 5. The van der Waals surface area contributed by atoms with Gasteiger partial charge in [0.1, 0.15) is 5.01 Å². The molecule has 0 radical (unpaired) electrons. The molecule has 0 aliphatic heterocycles. The van der Waals surface area contributed by atoms with Crippen LogP contribution in [-0.4, -0.2) is 25.1 Å². The fourth-order valence-corrected chi connectivity index (χ4v) is 6.88. The van der Waals surface area contributed by atoms with E-state index in [2.05, 4.69) is 43.8 Å². The van der Waals surface area contributed by atoms with E-state index in [9.17, 15) is 0 Å². The minimum absolute atomic E-state index is 0.502. The maximum absolute atomic E-state index is 7.67. The Kier molecular flexibility index (Phi) is 5.17. The number of likely N-dealkylation sites (N-methyl/N-ethyl adjacent to an activating group) is 1. The lowest BCUT2D eigenvalue weighted by atomic mass is 10.2. The first kappa shape index (κ1) is 19.7. The first-order valence-electron chi connectivity index (χ1n) is 9.62. The number of para-hydroxylation sites is 1. The van der Waals surface area contributed by atoms with Gasteiger partial charge in [0.2, 0.25) is 12.2 Å². The monoisotopic (exact) mass is 456 g/mol. The van der Waals surface area contributed by atoms with E-state index in [0.29, 0.717) is 12.2 Å². The lowest BCUT2D eigenvalue weighted by Gasteiger charge is -2.16. The molecule has 0 aliphatic rings. The zero-order chi connectivity index (χ0) is 21.4. The van der Waals surface area contributed by atoms with Crippen LogP contribution in [0.3, 0.4) is 0 Å². The number of anilines is 1. The van der Waals surface area contributed by atoms with Crippen molar-refractivity contribution >= 4 is 81.2 Å². The molecule has 0 saturated heterocycles. The molecular weight excluding hydrogens is 440 g/mol. The first-order chi connectivity index (χ1) is 15.2. The summed E-state index contributed by atoms with van der Waals surface area (Å²) in [6.45, 7) is 15.9. The average molecular weight is 457 g/mol. The van der Waals surface area contributed by atoms with E-state index in [4.69, 9.17) is 13.1 Å². The van der Waals surface area contributed by atoms with Crippen LogP contribution in [0, 0.1) is 13.1 Å². The van der Waals surface area contributed by atoms with Gasteiger partial charge in [-0.25, -0.2) is 16.4 Å². The molecule has 0 amide bonds. The summed E-state index contributed by atoms with van der Waals surface area (Å²) in [5.74, 6) is 0. The predicted octanol–water partition coefficient (Wildman–Crippen LogP) is 7.50. The number of hydrogen-bond acceptors (Lipinski definition) is 5. The van der Waals surface area contributed by atoms with Gasteiger partial charge < -0.3 is 9.74 Å². The van der Waals surface area contributed by atoms with E-state index in [1.165, 1.54) is 19.5 Å². The highest BCUT2D eigenvalue weighted by atomic mass is 32.1. The lowest BCUT2D eigenvalue weighted by Crippen LogP contribution is -2.19. The Bertz CT molecular complexity index is 1510. The average Bonchev–Trinajstić information content (AvgIpc) is 3.47. The smallest absolute Gasteiger partial charge is 0.231 e. The minimum atomic E-state index is 0.502.